The molecule has 2 rings (SSSR count). The number of rotatable bonds is 4. The zero-order valence-corrected chi connectivity index (χ0v) is 13.2. The molecular formula is C18H26O2. The average Bonchev–Trinajstić information content (AvgIpc) is 2.43. The third-order valence-corrected chi connectivity index (χ3v) is 4.58. The SMILES string of the molecule is CCOC1(C(=O)c2cc(C)c(C)cc2C)CCCCC1. The highest BCUT2D eigenvalue weighted by atomic mass is 16.5. The highest BCUT2D eigenvalue weighted by molar-refractivity contribution is 6.04. The van der Waals surface area contributed by atoms with Crippen LogP contribution in [0.4, 0.5) is 0 Å². The first-order chi connectivity index (χ1) is 9.50. The number of Topliss-reactive ketones (excluding diaryl/α,β-unsaturated/α-hetero) is 1. The minimum atomic E-state index is -0.570. The van der Waals surface area contributed by atoms with Crippen LogP contribution >= 0.6 is 0 Å². The quantitative estimate of drug-likeness (QED) is 0.754. The van der Waals surface area contributed by atoms with Gasteiger partial charge in [-0.05, 0) is 63.3 Å². The smallest absolute Gasteiger partial charge is 0.194 e. The van der Waals surface area contributed by atoms with Crippen LogP contribution < -0.4 is 0 Å². The molecule has 2 heteroatoms. The van der Waals surface area contributed by atoms with Crippen molar-refractivity contribution < 1.29 is 9.53 Å². The molecule has 0 N–H and O–H groups in total. The van der Waals surface area contributed by atoms with Gasteiger partial charge in [-0.1, -0.05) is 25.3 Å². The summed E-state index contributed by atoms with van der Waals surface area (Å²) >= 11 is 0. The molecule has 0 aromatic heterocycles. The lowest BCUT2D eigenvalue weighted by molar-refractivity contribution is -0.0411. The molecule has 1 aromatic carbocycles. The van der Waals surface area contributed by atoms with Crippen molar-refractivity contribution in [2.24, 2.45) is 0 Å². The molecule has 0 bridgehead atoms. The highest BCUT2D eigenvalue weighted by Gasteiger charge is 2.41. The molecule has 1 aliphatic rings. The van der Waals surface area contributed by atoms with Crippen LogP contribution in [0.15, 0.2) is 12.1 Å². The van der Waals surface area contributed by atoms with Crippen LogP contribution in [-0.2, 0) is 4.74 Å². The van der Waals surface area contributed by atoms with Crippen LogP contribution in [0.1, 0.15) is 66.1 Å². The van der Waals surface area contributed by atoms with Crippen LogP contribution in [-0.4, -0.2) is 18.0 Å². The van der Waals surface area contributed by atoms with Gasteiger partial charge in [0.1, 0.15) is 5.60 Å². The van der Waals surface area contributed by atoms with Crippen molar-refractivity contribution in [3.05, 3.63) is 34.4 Å². The lowest BCUT2D eigenvalue weighted by Crippen LogP contribution is -2.43. The molecular weight excluding hydrogens is 248 g/mol. The van der Waals surface area contributed by atoms with Gasteiger partial charge in [-0.15, -0.1) is 0 Å². The number of benzene rings is 1. The number of carbonyl (C=O) groups is 1. The van der Waals surface area contributed by atoms with Gasteiger partial charge in [-0.3, -0.25) is 4.79 Å². The molecule has 1 aromatic rings. The number of carbonyl (C=O) groups excluding carboxylic acids is 1. The fourth-order valence-corrected chi connectivity index (χ4v) is 3.29. The Labute approximate surface area is 122 Å². The van der Waals surface area contributed by atoms with Crippen molar-refractivity contribution in [3.8, 4) is 0 Å². The summed E-state index contributed by atoms with van der Waals surface area (Å²) in [6, 6.07) is 4.16. The number of hydrogen-bond acceptors (Lipinski definition) is 2. The van der Waals surface area contributed by atoms with Crippen molar-refractivity contribution in [3.63, 3.8) is 0 Å². The van der Waals surface area contributed by atoms with Crippen LogP contribution in [0, 0.1) is 20.8 Å². The first-order valence-electron chi connectivity index (χ1n) is 7.77. The first-order valence-corrected chi connectivity index (χ1v) is 7.77. The molecule has 0 atom stereocenters. The largest absolute Gasteiger partial charge is 0.367 e. The van der Waals surface area contributed by atoms with Crippen molar-refractivity contribution in [1.82, 2.24) is 0 Å². The Morgan fingerprint density at radius 1 is 1.05 bits per heavy atom. The van der Waals surface area contributed by atoms with Crippen molar-refractivity contribution in [1.29, 1.82) is 0 Å². The van der Waals surface area contributed by atoms with Gasteiger partial charge in [0.15, 0.2) is 5.78 Å². The van der Waals surface area contributed by atoms with Crippen LogP contribution in [0.2, 0.25) is 0 Å². The molecule has 0 aliphatic heterocycles. The maximum absolute atomic E-state index is 13.1. The standard InChI is InChI=1S/C18H26O2/c1-5-20-18(9-7-6-8-10-18)17(19)16-12-14(3)13(2)11-15(16)4/h11-12H,5-10H2,1-4H3. The summed E-state index contributed by atoms with van der Waals surface area (Å²) < 4.78 is 5.96. The van der Waals surface area contributed by atoms with Crippen molar-refractivity contribution in [2.45, 2.75) is 65.4 Å². The first kappa shape index (κ1) is 15.2. The minimum absolute atomic E-state index is 0.194. The molecule has 0 amide bonds. The van der Waals surface area contributed by atoms with E-state index in [4.69, 9.17) is 4.74 Å². The minimum Gasteiger partial charge on any atom is -0.367 e. The lowest BCUT2D eigenvalue weighted by Gasteiger charge is -2.36. The van der Waals surface area contributed by atoms with E-state index in [1.807, 2.05) is 19.9 Å². The third kappa shape index (κ3) is 2.80. The van der Waals surface area contributed by atoms with E-state index in [1.165, 1.54) is 17.5 Å². The molecule has 0 heterocycles. The van der Waals surface area contributed by atoms with Crippen LogP contribution in [0.5, 0.6) is 0 Å². The van der Waals surface area contributed by atoms with Gasteiger partial charge in [0.05, 0.1) is 0 Å². The van der Waals surface area contributed by atoms with Crippen LogP contribution in [0.3, 0.4) is 0 Å². The second kappa shape index (κ2) is 6.09. The molecule has 1 fully saturated rings. The van der Waals surface area contributed by atoms with Gasteiger partial charge in [0.2, 0.25) is 0 Å². The van der Waals surface area contributed by atoms with E-state index >= 15 is 0 Å². The van der Waals surface area contributed by atoms with Gasteiger partial charge in [-0.25, -0.2) is 0 Å². The topological polar surface area (TPSA) is 26.3 Å². The van der Waals surface area contributed by atoms with Gasteiger partial charge in [-0.2, -0.15) is 0 Å². The maximum atomic E-state index is 13.1. The fraction of sp³-hybridized carbons (Fsp3) is 0.611. The second-order valence-electron chi connectivity index (χ2n) is 6.07. The molecule has 1 saturated carbocycles. The normalized spacial score (nSPS) is 18.0. The Morgan fingerprint density at radius 3 is 2.25 bits per heavy atom. The summed E-state index contributed by atoms with van der Waals surface area (Å²) in [6.07, 6.45) is 5.14. The van der Waals surface area contributed by atoms with E-state index in [0.717, 1.165) is 36.8 Å². The highest BCUT2D eigenvalue weighted by Crippen LogP contribution is 2.35. The summed E-state index contributed by atoms with van der Waals surface area (Å²) in [6.45, 7) is 8.78. The van der Waals surface area contributed by atoms with E-state index in [0.29, 0.717) is 6.61 Å². The number of ketones is 1. The second-order valence-corrected chi connectivity index (χ2v) is 6.07. The van der Waals surface area contributed by atoms with E-state index in [-0.39, 0.29) is 5.78 Å². The molecule has 20 heavy (non-hydrogen) atoms. The van der Waals surface area contributed by atoms with E-state index in [1.54, 1.807) is 0 Å². The average molecular weight is 274 g/mol. The van der Waals surface area contributed by atoms with Crippen molar-refractivity contribution in [2.75, 3.05) is 6.61 Å². The molecule has 2 nitrogen and oxygen atoms in total. The Morgan fingerprint density at radius 2 is 1.65 bits per heavy atom. The molecule has 1 aliphatic carbocycles. The summed E-state index contributed by atoms with van der Waals surface area (Å²) in [5.74, 6) is 0.194. The Balaban J connectivity index is 2.39. The maximum Gasteiger partial charge on any atom is 0.194 e. The third-order valence-electron chi connectivity index (χ3n) is 4.58. The van der Waals surface area contributed by atoms with Crippen molar-refractivity contribution >= 4 is 5.78 Å². The molecule has 0 radical (unpaired) electrons. The van der Waals surface area contributed by atoms with E-state index < -0.39 is 5.60 Å². The van der Waals surface area contributed by atoms with Gasteiger partial charge in [0, 0.05) is 12.2 Å². The van der Waals surface area contributed by atoms with Gasteiger partial charge >= 0.3 is 0 Å². The summed E-state index contributed by atoms with van der Waals surface area (Å²) in [5.41, 5.74) is 3.78. The molecule has 110 valence electrons. The lowest BCUT2D eigenvalue weighted by atomic mass is 9.78. The Hall–Kier alpha value is -1.15. The molecule has 0 saturated heterocycles. The van der Waals surface area contributed by atoms with E-state index in [9.17, 15) is 4.79 Å². The number of ether oxygens (including phenoxy) is 1. The zero-order valence-electron chi connectivity index (χ0n) is 13.2. The summed E-state index contributed by atoms with van der Waals surface area (Å²) in [5, 5.41) is 0. The zero-order chi connectivity index (χ0) is 14.8. The Kier molecular flexibility index (Phi) is 4.64. The van der Waals surface area contributed by atoms with Gasteiger partial charge < -0.3 is 4.74 Å². The number of hydrogen-bond donors (Lipinski definition) is 0. The number of aryl methyl sites for hydroxylation is 3. The predicted octanol–water partition coefficient (Wildman–Crippen LogP) is 4.53. The molecule has 0 unspecified atom stereocenters. The van der Waals surface area contributed by atoms with Crippen LogP contribution in [0.25, 0.3) is 0 Å². The Bertz CT molecular complexity index is 491. The van der Waals surface area contributed by atoms with Gasteiger partial charge in [0.25, 0.3) is 0 Å². The summed E-state index contributed by atoms with van der Waals surface area (Å²) in [4.78, 5) is 13.1. The molecule has 0 spiro atoms. The summed E-state index contributed by atoms with van der Waals surface area (Å²) in [7, 11) is 0. The monoisotopic (exact) mass is 274 g/mol. The predicted molar refractivity (Wildman–Crippen MR) is 82.4 cm³/mol. The fourth-order valence-electron chi connectivity index (χ4n) is 3.29. The van der Waals surface area contributed by atoms with E-state index in [2.05, 4.69) is 19.9 Å².